The Kier molecular flexibility index (Phi) is 8.83. The molecule has 1 aromatic rings. The van der Waals surface area contributed by atoms with Gasteiger partial charge in [0.25, 0.3) is 5.91 Å². The van der Waals surface area contributed by atoms with Gasteiger partial charge in [0.2, 0.25) is 0 Å². The third-order valence-corrected chi connectivity index (χ3v) is 2.48. The molecule has 0 spiro atoms. The van der Waals surface area contributed by atoms with Gasteiger partial charge in [0, 0.05) is 40.0 Å². The number of halogens is 2. The van der Waals surface area contributed by atoms with Crippen LogP contribution in [0.25, 0.3) is 0 Å². The number of ether oxygens (including phenoxy) is 1. The van der Waals surface area contributed by atoms with Crippen LogP contribution in [0, 0.1) is 0 Å². The predicted molar refractivity (Wildman–Crippen MR) is 74.7 cm³/mol. The van der Waals surface area contributed by atoms with Crippen LogP contribution in [0.1, 0.15) is 10.5 Å². The van der Waals surface area contributed by atoms with Crippen LogP contribution in [0.4, 0.5) is 0 Å². The summed E-state index contributed by atoms with van der Waals surface area (Å²) in [7, 11) is 3.44. The molecular weight excluding hydrogens is 277 g/mol. The lowest BCUT2D eigenvalue weighted by atomic mass is 10.4. The smallest absolute Gasteiger partial charge is 0.267 e. The number of nitrogens with zero attached hydrogens (tertiary/aromatic N) is 1. The van der Waals surface area contributed by atoms with Crippen molar-refractivity contribution in [3.05, 3.63) is 23.0 Å². The zero-order chi connectivity index (χ0) is 12.7. The van der Waals surface area contributed by atoms with Gasteiger partial charge in [-0.25, -0.2) is 0 Å². The average Bonchev–Trinajstić information content (AvgIpc) is 2.62. The first-order valence-electron chi connectivity index (χ1n) is 5.45. The molecule has 0 bridgehead atoms. The average molecular weight is 296 g/mol. The van der Waals surface area contributed by atoms with Gasteiger partial charge in [0.05, 0.1) is 11.6 Å². The van der Waals surface area contributed by atoms with Crippen LogP contribution in [0.15, 0.2) is 12.3 Å². The van der Waals surface area contributed by atoms with E-state index in [1.165, 1.54) is 0 Å². The van der Waals surface area contributed by atoms with E-state index in [0.717, 1.165) is 6.54 Å². The molecule has 0 atom stereocenters. The van der Waals surface area contributed by atoms with Crippen molar-refractivity contribution in [1.82, 2.24) is 15.2 Å². The van der Waals surface area contributed by atoms with Crippen molar-refractivity contribution < 1.29 is 9.53 Å². The highest BCUT2D eigenvalue weighted by atomic mass is 35.5. The van der Waals surface area contributed by atoms with E-state index in [2.05, 4.69) is 10.6 Å². The van der Waals surface area contributed by atoms with E-state index in [4.69, 9.17) is 16.3 Å². The Morgan fingerprint density at radius 1 is 1.44 bits per heavy atom. The SMILES string of the molecule is COCCNCCNC(=O)c1cc(Cl)cn1C.Cl. The van der Waals surface area contributed by atoms with Gasteiger partial charge >= 0.3 is 0 Å². The number of aromatic nitrogens is 1. The number of methoxy groups -OCH3 is 1. The fourth-order valence-corrected chi connectivity index (χ4v) is 1.65. The molecule has 104 valence electrons. The van der Waals surface area contributed by atoms with Gasteiger partial charge in [-0.05, 0) is 6.07 Å². The van der Waals surface area contributed by atoms with Crippen LogP contribution in [0.2, 0.25) is 5.02 Å². The molecule has 0 aliphatic heterocycles. The number of amides is 1. The quantitative estimate of drug-likeness (QED) is 0.740. The number of hydrogen-bond donors (Lipinski definition) is 2. The number of nitrogens with one attached hydrogen (secondary N) is 2. The van der Waals surface area contributed by atoms with Gasteiger partial charge in [0.1, 0.15) is 5.69 Å². The van der Waals surface area contributed by atoms with E-state index < -0.39 is 0 Å². The first-order valence-corrected chi connectivity index (χ1v) is 5.82. The summed E-state index contributed by atoms with van der Waals surface area (Å²) < 4.78 is 6.59. The van der Waals surface area contributed by atoms with Crippen molar-refractivity contribution in [3.63, 3.8) is 0 Å². The summed E-state index contributed by atoms with van der Waals surface area (Å²) in [5, 5.41) is 6.51. The zero-order valence-electron chi connectivity index (χ0n) is 10.5. The van der Waals surface area contributed by atoms with E-state index >= 15 is 0 Å². The second kappa shape index (κ2) is 9.22. The van der Waals surface area contributed by atoms with Gasteiger partial charge in [-0.1, -0.05) is 11.6 Å². The molecule has 1 aromatic heterocycles. The maximum absolute atomic E-state index is 11.7. The van der Waals surface area contributed by atoms with Crippen LogP contribution in [-0.2, 0) is 11.8 Å². The summed E-state index contributed by atoms with van der Waals surface area (Å²) in [6.07, 6.45) is 1.70. The van der Waals surface area contributed by atoms with Crippen LogP contribution in [-0.4, -0.2) is 43.8 Å². The van der Waals surface area contributed by atoms with Gasteiger partial charge in [-0.2, -0.15) is 0 Å². The zero-order valence-corrected chi connectivity index (χ0v) is 12.1. The Morgan fingerprint density at radius 2 is 2.17 bits per heavy atom. The van der Waals surface area contributed by atoms with E-state index in [9.17, 15) is 4.79 Å². The van der Waals surface area contributed by atoms with Gasteiger partial charge in [-0.3, -0.25) is 4.79 Å². The maximum Gasteiger partial charge on any atom is 0.267 e. The molecular formula is C11H19Cl2N3O2. The Hall–Kier alpha value is -0.750. The minimum atomic E-state index is -0.118. The van der Waals surface area contributed by atoms with Gasteiger partial charge in [0.15, 0.2) is 0 Å². The third-order valence-electron chi connectivity index (χ3n) is 2.27. The minimum Gasteiger partial charge on any atom is -0.383 e. The predicted octanol–water partition coefficient (Wildman–Crippen LogP) is 1.07. The van der Waals surface area contributed by atoms with E-state index in [1.54, 1.807) is 31.0 Å². The monoisotopic (exact) mass is 295 g/mol. The molecule has 0 aliphatic rings. The van der Waals surface area contributed by atoms with Crippen molar-refractivity contribution in [2.45, 2.75) is 0 Å². The third kappa shape index (κ3) is 5.73. The Labute approximate surface area is 118 Å². The standard InChI is InChI=1S/C11H18ClN3O2.ClH/c1-15-8-9(12)7-10(15)11(16)14-4-3-13-5-6-17-2;/h7-8,13H,3-6H2,1-2H3,(H,14,16);1H. The van der Waals surface area contributed by atoms with Crippen LogP contribution < -0.4 is 10.6 Å². The number of aryl methyl sites for hydroxylation is 1. The molecule has 1 amide bonds. The highest BCUT2D eigenvalue weighted by Crippen LogP contribution is 2.12. The van der Waals surface area contributed by atoms with Gasteiger partial charge < -0.3 is 19.9 Å². The number of rotatable bonds is 7. The Bertz CT molecular complexity index is 369. The number of carbonyl (C=O) groups is 1. The second-order valence-electron chi connectivity index (χ2n) is 3.65. The summed E-state index contributed by atoms with van der Waals surface area (Å²) in [5.41, 5.74) is 0.562. The summed E-state index contributed by atoms with van der Waals surface area (Å²) in [5.74, 6) is -0.118. The molecule has 1 rings (SSSR count). The van der Waals surface area contributed by atoms with E-state index in [0.29, 0.717) is 30.4 Å². The number of hydrogen-bond acceptors (Lipinski definition) is 3. The molecule has 0 radical (unpaired) electrons. The summed E-state index contributed by atoms with van der Waals surface area (Å²) in [6.45, 7) is 2.74. The molecule has 0 aliphatic carbocycles. The van der Waals surface area contributed by atoms with E-state index in [1.807, 2.05) is 0 Å². The highest BCUT2D eigenvalue weighted by molar-refractivity contribution is 6.31. The molecule has 5 nitrogen and oxygen atoms in total. The van der Waals surface area contributed by atoms with Crippen LogP contribution >= 0.6 is 24.0 Å². The lowest BCUT2D eigenvalue weighted by molar-refractivity contribution is 0.0945. The van der Waals surface area contributed by atoms with Crippen molar-refractivity contribution >= 4 is 29.9 Å². The lowest BCUT2D eigenvalue weighted by Gasteiger charge is -2.07. The molecule has 0 saturated heterocycles. The first kappa shape index (κ1) is 17.2. The van der Waals surface area contributed by atoms with Crippen molar-refractivity contribution in [1.29, 1.82) is 0 Å². The topological polar surface area (TPSA) is 55.3 Å². The first-order chi connectivity index (χ1) is 8.15. The Morgan fingerprint density at radius 3 is 2.72 bits per heavy atom. The fourth-order valence-electron chi connectivity index (χ4n) is 1.40. The molecule has 7 heteroatoms. The van der Waals surface area contributed by atoms with Crippen molar-refractivity contribution in [2.24, 2.45) is 7.05 Å². The number of carbonyl (C=O) groups excluding carboxylic acids is 1. The maximum atomic E-state index is 11.7. The van der Waals surface area contributed by atoms with Crippen LogP contribution in [0.3, 0.4) is 0 Å². The molecule has 0 aromatic carbocycles. The van der Waals surface area contributed by atoms with E-state index in [-0.39, 0.29) is 18.3 Å². The van der Waals surface area contributed by atoms with Crippen LogP contribution in [0.5, 0.6) is 0 Å². The summed E-state index contributed by atoms with van der Waals surface area (Å²) >= 11 is 5.80. The highest BCUT2D eigenvalue weighted by Gasteiger charge is 2.09. The Balaban J connectivity index is 0.00000289. The van der Waals surface area contributed by atoms with Crippen molar-refractivity contribution in [2.75, 3.05) is 33.4 Å². The summed E-state index contributed by atoms with van der Waals surface area (Å²) in [4.78, 5) is 11.7. The molecule has 2 N–H and O–H groups in total. The fraction of sp³-hybridized carbons (Fsp3) is 0.545. The largest absolute Gasteiger partial charge is 0.383 e. The normalized spacial score (nSPS) is 9.94. The van der Waals surface area contributed by atoms with Crippen molar-refractivity contribution in [3.8, 4) is 0 Å². The minimum absolute atomic E-state index is 0. The van der Waals surface area contributed by atoms with Gasteiger partial charge in [-0.15, -0.1) is 12.4 Å². The molecule has 0 unspecified atom stereocenters. The molecule has 0 saturated carbocycles. The second-order valence-corrected chi connectivity index (χ2v) is 4.09. The molecule has 0 fully saturated rings. The molecule has 18 heavy (non-hydrogen) atoms. The lowest BCUT2D eigenvalue weighted by Crippen LogP contribution is -2.33. The summed E-state index contributed by atoms with van der Waals surface area (Å²) in [6, 6.07) is 1.65. The molecule has 1 heterocycles.